The van der Waals surface area contributed by atoms with E-state index in [1.807, 2.05) is 30.3 Å². The monoisotopic (exact) mass is 386 g/mol. The normalized spacial score (nSPS) is 37.3. The molecule has 2 saturated carbocycles. The molecule has 0 radical (unpaired) electrons. The number of hydrogen-bond acceptors (Lipinski definition) is 5. The van der Waals surface area contributed by atoms with Crippen molar-refractivity contribution in [2.75, 3.05) is 6.61 Å². The van der Waals surface area contributed by atoms with Crippen molar-refractivity contribution >= 4 is 11.8 Å². The Labute approximate surface area is 166 Å². The fraction of sp³-hybridized carbons (Fsp3) is 0.652. The lowest BCUT2D eigenvalue weighted by Gasteiger charge is -2.60. The van der Waals surface area contributed by atoms with E-state index in [1.165, 1.54) is 0 Å². The van der Waals surface area contributed by atoms with E-state index in [1.54, 1.807) is 0 Å². The minimum absolute atomic E-state index is 0.110. The summed E-state index contributed by atoms with van der Waals surface area (Å²) in [6.45, 7) is 3.34. The molecule has 1 aromatic rings. The minimum atomic E-state index is -1.31. The van der Waals surface area contributed by atoms with Crippen molar-refractivity contribution in [1.29, 1.82) is 0 Å². The highest BCUT2D eigenvalue weighted by molar-refractivity contribution is 6.06. The van der Waals surface area contributed by atoms with Gasteiger partial charge in [0.2, 0.25) is 0 Å². The van der Waals surface area contributed by atoms with Crippen molar-refractivity contribution in [3.05, 3.63) is 35.9 Å². The van der Waals surface area contributed by atoms with Gasteiger partial charge in [-0.2, -0.15) is 0 Å². The van der Waals surface area contributed by atoms with Crippen LogP contribution in [0.5, 0.6) is 0 Å². The lowest BCUT2D eigenvalue weighted by atomic mass is 9.46. The molecule has 5 heteroatoms. The van der Waals surface area contributed by atoms with Crippen molar-refractivity contribution in [2.24, 2.45) is 16.7 Å². The van der Waals surface area contributed by atoms with Gasteiger partial charge in [-0.25, -0.2) is 0 Å². The highest BCUT2D eigenvalue weighted by Gasteiger charge is 2.70. The molecule has 28 heavy (non-hydrogen) atoms. The fourth-order valence-electron chi connectivity index (χ4n) is 5.86. The predicted molar refractivity (Wildman–Crippen MR) is 103 cm³/mol. The van der Waals surface area contributed by atoms with Crippen LogP contribution in [-0.2, 0) is 25.7 Å². The van der Waals surface area contributed by atoms with E-state index in [9.17, 15) is 14.7 Å². The predicted octanol–water partition coefficient (Wildman–Crippen LogP) is 3.43. The number of ether oxygens (including phenoxy) is 2. The van der Waals surface area contributed by atoms with Crippen molar-refractivity contribution in [3.8, 4) is 0 Å². The molecule has 4 rings (SSSR count). The summed E-state index contributed by atoms with van der Waals surface area (Å²) < 4.78 is 11.6. The Kier molecular flexibility index (Phi) is 5.32. The van der Waals surface area contributed by atoms with Gasteiger partial charge in [-0.3, -0.25) is 9.59 Å². The molecular formula is C23H30O5. The number of hydrogen-bond donors (Lipinski definition) is 1. The molecule has 1 aromatic carbocycles. The summed E-state index contributed by atoms with van der Waals surface area (Å²) >= 11 is 0. The number of rotatable bonds is 6. The molecule has 0 amide bonds. The van der Waals surface area contributed by atoms with Gasteiger partial charge in [-0.1, -0.05) is 43.7 Å². The number of aliphatic hydroxyl groups is 1. The molecule has 0 aromatic heterocycles. The third kappa shape index (κ3) is 3.00. The number of carbonyl (C=O) groups excluding carboxylic acids is 2. The van der Waals surface area contributed by atoms with Crippen LogP contribution in [0.3, 0.4) is 0 Å². The van der Waals surface area contributed by atoms with Gasteiger partial charge in [0.05, 0.1) is 12.7 Å². The first kappa shape index (κ1) is 19.6. The first-order chi connectivity index (χ1) is 13.5. The van der Waals surface area contributed by atoms with Crippen LogP contribution in [0.4, 0.5) is 0 Å². The summed E-state index contributed by atoms with van der Waals surface area (Å²) in [6, 6.07) is 10.1. The molecule has 3 aliphatic rings. The first-order valence-electron chi connectivity index (χ1n) is 10.5. The smallest absolute Gasteiger partial charge is 0.322 e. The van der Waals surface area contributed by atoms with Gasteiger partial charge in [-0.05, 0) is 43.6 Å². The van der Waals surface area contributed by atoms with Crippen LogP contribution in [-0.4, -0.2) is 35.7 Å². The Morgan fingerprint density at radius 2 is 2.00 bits per heavy atom. The number of carbonyl (C=O) groups is 2. The third-order valence-corrected chi connectivity index (χ3v) is 7.38. The van der Waals surface area contributed by atoms with Crippen molar-refractivity contribution in [3.63, 3.8) is 0 Å². The summed E-state index contributed by atoms with van der Waals surface area (Å²) in [5.74, 6) is -0.708. The first-order valence-corrected chi connectivity index (χ1v) is 10.5. The molecule has 5 atom stereocenters. The second-order valence-electron chi connectivity index (χ2n) is 8.87. The van der Waals surface area contributed by atoms with E-state index < -0.39 is 17.5 Å². The highest BCUT2D eigenvalue weighted by atomic mass is 16.6. The minimum Gasteiger partial charge on any atom is -0.461 e. The van der Waals surface area contributed by atoms with Gasteiger partial charge >= 0.3 is 5.97 Å². The lowest BCUT2D eigenvalue weighted by molar-refractivity contribution is -0.234. The molecule has 2 aliphatic carbocycles. The van der Waals surface area contributed by atoms with Crippen LogP contribution in [0.1, 0.15) is 57.4 Å². The maximum Gasteiger partial charge on any atom is 0.322 e. The average molecular weight is 386 g/mol. The van der Waals surface area contributed by atoms with E-state index in [4.69, 9.17) is 9.47 Å². The van der Waals surface area contributed by atoms with Crippen molar-refractivity contribution in [1.82, 2.24) is 0 Å². The average Bonchev–Trinajstić information content (AvgIpc) is 2.70. The standard InChI is InChI=1S/C23H30O5/c1-22-13-12-19(25)23(17(22)9-5-10-18(23)24)21(26)28-20(22)11-6-14-27-15-16-7-3-2-4-8-16/h2-4,7-8,17-18,20,24H,5-6,9-15H2,1H3/t17-,18-,20+,22+,23-/m1/s1. The number of esters is 1. The zero-order valence-corrected chi connectivity index (χ0v) is 16.6. The number of benzene rings is 1. The number of aliphatic hydroxyl groups excluding tert-OH is 1. The van der Waals surface area contributed by atoms with Crippen LogP contribution in [0.2, 0.25) is 0 Å². The maximum atomic E-state index is 13.0. The van der Waals surface area contributed by atoms with Crippen LogP contribution in [0.15, 0.2) is 30.3 Å². The quantitative estimate of drug-likeness (QED) is 0.461. The zero-order valence-electron chi connectivity index (χ0n) is 16.6. The Morgan fingerprint density at radius 3 is 2.79 bits per heavy atom. The van der Waals surface area contributed by atoms with Crippen LogP contribution < -0.4 is 0 Å². The Balaban J connectivity index is 1.41. The van der Waals surface area contributed by atoms with Gasteiger partial charge in [0.25, 0.3) is 0 Å². The van der Waals surface area contributed by atoms with Crippen LogP contribution >= 0.6 is 0 Å². The molecule has 5 nitrogen and oxygen atoms in total. The van der Waals surface area contributed by atoms with E-state index in [0.29, 0.717) is 26.1 Å². The second kappa shape index (κ2) is 7.60. The van der Waals surface area contributed by atoms with Gasteiger partial charge in [0.1, 0.15) is 6.10 Å². The summed E-state index contributed by atoms with van der Waals surface area (Å²) in [7, 11) is 0. The topological polar surface area (TPSA) is 72.8 Å². The number of ketones is 1. The molecule has 1 N–H and O–H groups in total. The molecule has 2 bridgehead atoms. The Bertz CT molecular complexity index is 732. The van der Waals surface area contributed by atoms with Gasteiger partial charge in [0.15, 0.2) is 11.2 Å². The van der Waals surface area contributed by atoms with E-state index >= 15 is 0 Å². The van der Waals surface area contributed by atoms with Crippen LogP contribution in [0, 0.1) is 16.7 Å². The van der Waals surface area contributed by atoms with Gasteiger partial charge < -0.3 is 14.6 Å². The maximum absolute atomic E-state index is 13.0. The largest absolute Gasteiger partial charge is 0.461 e. The Hall–Kier alpha value is -1.72. The summed E-state index contributed by atoms with van der Waals surface area (Å²) in [4.78, 5) is 25.8. The molecule has 1 saturated heterocycles. The third-order valence-electron chi connectivity index (χ3n) is 7.38. The SMILES string of the molecule is C[C@@]12CCC(=O)[C@]3(C(=O)O[C@H]1CCCOCc1ccccc1)[C@H](O)CCC[C@H]23. The fourth-order valence-corrected chi connectivity index (χ4v) is 5.86. The molecule has 0 spiro atoms. The molecule has 1 heterocycles. The summed E-state index contributed by atoms with van der Waals surface area (Å²) in [5.41, 5.74) is -0.417. The molecule has 0 unspecified atom stereocenters. The van der Waals surface area contributed by atoms with E-state index in [2.05, 4.69) is 6.92 Å². The number of Topliss-reactive ketones (excluding diaryl/α,β-unsaturated/α-hetero) is 1. The van der Waals surface area contributed by atoms with Gasteiger partial charge in [0, 0.05) is 18.4 Å². The summed E-state index contributed by atoms with van der Waals surface area (Å²) in [6.07, 6.45) is 3.69. The van der Waals surface area contributed by atoms with E-state index in [-0.39, 0.29) is 23.2 Å². The summed E-state index contributed by atoms with van der Waals surface area (Å²) in [5, 5.41) is 10.7. The highest BCUT2D eigenvalue weighted by Crippen LogP contribution is 2.62. The molecule has 3 fully saturated rings. The Morgan fingerprint density at radius 1 is 1.21 bits per heavy atom. The van der Waals surface area contributed by atoms with Crippen molar-refractivity contribution < 1.29 is 24.2 Å². The molecule has 152 valence electrons. The molecular weight excluding hydrogens is 356 g/mol. The zero-order chi connectivity index (χ0) is 19.8. The van der Waals surface area contributed by atoms with E-state index in [0.717, 1.165) is 37.7 Å². The van der Waals surface area contributed by atoms with Crippen molar-refractivity contribution in [2.45, 2.75) is 70.7 Å². The molecule has 1 aliphatic heterocycles. The van der Waals surface area contributed by atoms with Gasteiger partial charge in [-0.15, -0.1) is 0 Å². The number of cyclic esters (lactones) is 1. The second-order valence-corrected chi connectivity index (χ2v) is 8.87. The lowest BCUT2D eigenvalue weighted by Crippen LogP contribution is -2.69. The van der Waals surface area contributed by atoms with Crippen LogP contribution in [0.25, 0.3) is 0 Å².